The average molecular weight is 384 g/mol. The maximum absolute atomic E-state index is 11.8. The van der Waals surface area contributed by atoms with Gasteiger partial charge in [0.2, 0.25) is 13.6 Å². The first kappa shape index (κ1) is 18.5. The molecule has 2 aromatic carbocycles. The Balaban J connectivity index is 1.53. The standard InChI is InChI=1S/C22H24O6/c1-13(8-16-4-6-18-20(9-16)26-11-24-18)14(2)22(28-15(3)23)17-5-7-19-21(10-17)27-12-25-19/h4-7,9-10,13-14,22H,8,11-12H2,1-3H3/t13-,14-,22?/m1/s1. The minimum Gasteiger partial charge on any atom is -0.457 e. The predicted octanol–water partition coefficient (Wildman–Crippen LogP) is 4.26. The van der Waals surface area contributed by atoms with Gasteiger partial charge in [0.05, 0.1) is 0 Å². The third kappa shape index (κ3) is 3.72. The van der Waals surface area contributed by atoms with Crippen LogP contribution in [0.5, 0.6) is 23.0 Å². The Labute approximate surface area is 164 Å². The van der Waals surface area contributed by atoms with E-state index in [-0.39, 0.29) is 37.5 Å². The van der Waals surface area contributed by atoms with E-state index >= 15 is 0 Å². The summed E-state index contributed by atoms with van der Waals surface area (Å²) < 4.78 is 27.4. The van der Waals surface area contributed by atoms with Gasteiger partial charge in [-0.3, -0.25) is 4.79 Å². The summed E-state index contributed by atoms with van der Waals surface area (Å²) in [6.07, 6.45) is 0.469. The fraction of sp³-hybridized carbons (Fsp3) is 0.409. The average Bonchev–Trinajstić information content (AvgIpc) is 3.33. The molecule has 2 aliphatic rings. The molecule has 28 heavy (non-hydrogen) atoms. The monoisotopic (exact) mass is 384 g/mol. The van der Waals surface area contributed by atoms with E-state index in [1.807, 2.05) is 30.3 Å². The van der Waals surface area contributed by atoms with Crippen molar-refractivity contribution in [1.82, 2.24) is 0 Å². The van der Waals surface area contributed by atoms with Crippen molar-refractivity contribution in [2.24, 2.45) is 11.8 Å². The highest BCUT2D eigenvalue weighted by Crippen LogP contribution is 2.40. The van der Waals surface area contributed by atoms with Gasteiger partial charge in [-0.1, -0.05) is 26.0 Å². The smallest absolute Gasteiger partial charge is 0.303 e. The van der Waals surface area contributed by atoms with Crippen LogP contribution >= 0.6 is 0 Å². The third-order valence-electron chi connectivity index (χ3n) is 5.39. The molecule has 0 aromatic heterocycles. The van der Waals surface area contributed by atoms with Crippen molar-refractivity contribution in [3.8, 4) is 23.0 Å². The molecule has 0 fully saturated rings. The molecule has 0 bridgehead atoms. The summed E-state index contributed by atoms with van der Waals surface area (Å²) in [4.78, 5) is 11.8. The van der Waals surface area contributed by atoms with Gasteiger partial charge >= 0.3 is 5.97 Å². The zero-order valence-electron chi connectivity index (χ0n) is 16.3. The summed E-state index contributed by atoms with van der Waals surface area (Å²) in [5.41, 5.74) is 2.07. The van der Waals surface area contributed by atoms with Crippen molar-refractivity contribution in [3.63, 3.8) is 0 Å². The Kier molecular flexibility index (Phi) is 5.03. The van der Waals surface area contributed by atoms with Gasteiger partial charge in [0, 0.05) is 12.8 Å². The largest absolute Gasteiger partial charge is 0.457 e. The molecular weight excluding hydrogens is 360 g/mol. The maximum atomic E-state index is 11.8. The van der Waals surface area contributed by atoms with Crippen molar-refractivity contribution in [1.29, 1.82) is 0 Å². The number of hydrogen-bond acceptors (Lipinski definition) is 6. The summed E-state index contributed by atoms with van der Waals surface area (Å²) in [7, 11) is 0. The zero-order chi connectivity index (χ0) is 19.7. The van der Waals surface area contributed by atoms with Gasteiger partial charge in [-0.15, -0.1) is 0 Å². The molecule has 0 aliphatic carbocycles. The van der Waals surface area contributed by atoms with Crippen LogP contribution in [0.15, 0.2) is 36.4 Å². The molecule has 0 spiro atoms. The van der Waals surface area contributed by atoms with E-state index in [0.717, 1.165) is 29.0 Å². The van der Waals surface area contributed by atoms with E-state index in [2.05, 4.69) is 19.9 Å². The van der Waals surface area contributed by atoms with Crippen LogP contribution in [0.25, 0.3) is 0 Å². The highest BCUT2D eigenvalue weighted by Gasteiger charge is 2.29. The van der Waals surface area contributed by atoms with E-state index < -0.39 is 0 Å². The van der Waals surface area contributed by atoms with Gasteiger partial charge in [0.25, 0.3) is 0 Å². The van der Waals surface area contributed by atoms with Gasteiger partial charge in [0.1, 0.15) is 6.10 Å². The maximum Gasteiger partial charge on any atom is 0.303 e. The van der Waals surface area contributed by atoms with E-state index in [9.17, 15) is 4.79 Å². The molecule has 3 atom stereocenters. The first-order valence-electron chi connectivity index (χ1n) is 9.46. The van der Waals surface area contributed by atoms with Crippen LogP contribution in [0.2, 0.25) is 0 Å². The molecule has 1 unspecified atom stereocenters. The number of rotatable bonds is 6. The number of carbonyl (C=O) groups excluding carboxylic acids is 1. The number of hydrogen-bond donors (Lipinski definition) is 0. The van der Waals surface area contributed by atoms with Crippen LogP contribution in [-0.2, 0) is 16.0 Å². The molecular formula is C22H24O6. The molecule has 2 aromatic rings. The number of carbonyl (C=O) groups is 1. The second-order valence-corrected chi connectivity index (χ2v) is 7.37. The van der Waals surface area contributed by atoms with Crippen molar-refractivity contribution < 1.29 is 28.5 Å². The number of fused-ring (bicyclic) bond motifs is 2. The number of esters is 1. The highest BCUT2D eigenvalue weighted by molar-refractivity contribution is 5.66. The Morgan fingerprint density at radius 3 is 2.21 bits per heavy atom. The second kappa shape index (κ2) is 7.62. The van der Waals surface area contributed by atoms with E-state index in [1.54, 1.807) is 0 Å². The molecule has 0 amide bonds. The van der Waals surface area contributed by atoms with Crippen molar-refractivity contribution in [3.05, 3.63) is 47.5 Å². The summed E-state index contributed by atoms with van der Waals surface area (Å²) in [6.45, 7) is 6.19. The Morgan fingerprint density at radius 1 is 0.929 bits per heavy atom. The fourth-order valence-electron chi connectivity index (χ4n) is 3.67. The quantitative estimate of drug-likeness (QED) is 0.694. The number of ether oxygens (including phenoxy) is 5. The number of benzene rings is 2. The minimum atomic E-state index is -0.365. The third-order valence-corrected chi connectivity index (χ3v) is 5.39. The molecule has 0 N–H and O–H groups in total. The molecule has 6 nitrogen and oxygen atoms in total. The molecule has 148 valence electrons. The van der Waals surface area contributed by atoms with Crippen molar-refractivity contribution in [2.75, 3.05) is 13.6 Å². The van der Waals surface area contributed by atoms with Crippen LogP contribution in [0.3, 0.4) is 0 Å². The van der Waals surface area contributed by atoms with Crippen molar-refractivity contribution >= 4 is 5.97 Å². The van der Waals surface area contributed by atoms with Crippen LogP contribution < -0.4 is 18.9 Å². The summed E-state index contributed by atoms with van der Waals surface area (Å²) in [5.74, 6) is 3.01. The minimum absolute atomic E-state index is 0.0923. The predicted molar refractivity (Wildman–Crippen MR) is 102 cm³/mol. The summed E-state index contributed by atoms with van der Waals surface area (Å²) in [5, 5.41) is 0. The van der Waals surface area contributed by atoms with Crippen LogP contribution in [-0.4, -0.2) is 19.6 Å². The van der Waals surface area contributed by atoms with E-state index in [4.69, 9.17) is 23.7 Å². The zero-order valence-corrected chi connectivity index (χ0v) is 16.3. The first-order valence-corrected chi connectivity index (χ1v) is 9.46. The lowest BCUT2D eigenvalue weighted by atomic mass is 9.83. The van der Waals surface area contributed by atoms with Gasteiger partial charge in [-0.05, 0) is 47.7 Å². The molecule has 0 radical (unpaired) electrons. The molecule has 0 saturated carbocycles. The van der Waals surface area contributed by atoms with E-state index in [0.29, 0.717) is 11.5 Å². The Hall–Kier alpha value is -2.89. The Bertz CT molecular complexity index is 877. The fourth-order valence-corrected chi connectivity index (χ4v) is 3.67. The molecule has 2 aliphatic heterocycles. The second-order valence-electron chi connectivity index (χ2n) is 7.37. The molecule has 0 saturated heterocycles. The van der Waals surface area contributed by atoms with Crippen LogP contribution in [0.1, 0.15) is 38.0 Å². The van der Waals surface area contributed by atoms with E-state index in [1.165, 1.54) is 6.92 Å². The van der Waals surface area contributed by atoms with Crippen LogP contribution in [0, 0.1) is 11.8 Å². The van der Waals surface area contributed by atoms with Crippen LogP contribution in [0.4, 0.5) is 0 Å². The lowest BCUT2D eigenvalue weighted by molar-refractivity contribution is -0.150. The Morgan fingerprint density at radius 2 is 1.54 bits per heavy atom. The molecule has 6 heteroatoms. The SMILES string of the molecule is CC(=O)OC(c1ccc2c(c1)OCO2)[C@H](C)[C@H](C)Cc1ccc2c(c1)OCO2. The van der Waals surface area contributed by atoms with Gasteiger partial charge in [0.15, 0.2) is 23.0 Å². The van der Waals surface area contributed by atoms with Gasteiger partial charge in [-0.25, -0.2) is 0 Å². The van der Waals surface area contributed by atoms with Gasteiger partial charge in [-0.2, -0.15) is 0 Å². The summed E-state index contributed by atoms with van der Waals surface area (Å²) >= 11 is 0. The van der Waals surface area contributed by atoms with Crippen molar-refractivity contribution in [2.45, 2.75) is 33.3 Å². The first-order chi connectivity index (χ1) is 13.5. The highest BCUT2D eigenvalue weighted by atomic mass is 16.7. The van der Waals surface area contributed by atoms with Gasteiger partial charge < -0.3 is 23.7 Å². The normalized spacial score (nSPS) is 17.1. The lowest BCUT2D eigenvalue weighted by Gasteiger charge is -2.29. The molecule has 4 rings (SSSR count). The summed E-state index contributed by atoms with van der Waals surface area (Å²) in [6, 6.07) is 11.7. The topological polar surface area (TPSA) is 63.2 Å². The lowest BCUT2D eigenvalue weighted by Crippen LogP contribution is -2.23. The molecule has 2 heterocycles.